The Hall–Kier alpha value is -1.73. The molecule has 0 unspecified atom stereocenters. The second-order valence-electron chi connectivity index (χ2n) is 4.79. The van der Waals surface area contributed by atoms with Crippen molar-refractivity contribution in [2.24, 2.45) is 0 Å². The van der Waals surface area contributed by atoms with Gasteiger partial charge in [0.1, 0.15) is 0 Å². The van der Waals surface area contributed by atoms with Gasteiger partial charge in [0.25, 0.3) is 0 Å². The Morgan fingerprint density at radius 3 is 2.95 bits per heavy atom. The average Bonchev–Trinajstić information content (AvgIpc) is 3.08. The maximum atomic E-state index is 11.6. The first-order chi connectivity index (χ1) is 10.1. The maximum Gasteiger partial charge on any atom is 0.320 e. The summed E-state index contributed by atoms with van der Waals surface area (Å²) in [5.74, 6) is 0.834. The molecule has 0 bridgehead atoms. The zero-order chi connectivity index (χ0) is 15.2. The zero-order valence-electron chi connectivity index (χ0n) is 12.4. The Bertz CT molecular complexity index is 566. The van der Waals surface area contributed by atoms with Crippen LogP contribution in [0.2, 0.25) is 0 Å². The summed E-state index contributed by atoms with van der Waals surface area (Å²) in [5.41, 5.74) is 0. The van der Waals surface area contributed by atoms with E-state index in [0.29, 0.717) is 24.9 Å². The monoisotopic (exact) mass is 309 g/mol. The summed E-state index contributed by atoms with van der Waals surface area (Å²) in [6, 6.07) is 4.06. The predicted octanol–water partition coefficient (Wildman–Crippen LogP) is 2.57. The van der Waals surface area contributed by atoms with E-state index in [2.05, 4.69) is 10.1 Å². The van der Waals surface area contributed by atoms with Crippen LogP contribution in [0.5, 0.6) is 0 Å². The minimum absolute atomic E-state index is 0.173. The quantitative estimate of drug-likeness (QED) is 0.732. The van der Waals surface area contributed by atoms with Crippen LogP contribution in [-0.2, 0) is 16.1 Å². The molecule has 0 atom stereocenters. The van der Waals surface area contributed by atoms with Gasteiger partial charge in [0, 0.05) is 6.04 Å². The van der Waals surface area contributed by atoms with Crippen LogP contribution in [0.25, 0.3) is 10.7 Å². The van der Waals surface area contributed by atoms with Gasteiger partial charge in [0.15, 0.2) is 0 Å². The molecule has 2 aromatic rings. The van der Waals surface area contributed by atoms with Crippen molar-refractivity contribution in [3.8, 4) is 10.7 Å². The molecule has 114 valence electrons. The third-order valence-corrected chi connectivity index (χ3v) is 3.78. The van der Waals surface area contributed by atoms with Gasteiger partial charge < -0.3 is 9.26 Å². The Morgan fingerprint density at radius 2 is 2.33 bits per heavy atom. The van der Waals surface area contributed by atoms with Crippen molar-refractivity contribution in [1.29, 1.82) is 0 Å². The number of aromatic nitrogens is 2. The molecule has 0 N–H and O–H groups in total. The highest BCUT2D eigenvalue weighted by molar-refractivity contribution is 7.13. The highest BCUT2D eigenvalue weighted by Gasteiger charge is 2.19. The molecular formula is C14H19N3O3S. The number of hydrogen-bond acceptors (Lipinski definition) is 7. The second kappa shape index (κ2) is 7.33. The Morgan fingerprint density at radius 1 is 1.52 bits per heavy atom. The SMILES string of the molecule is CCOC(=O)CN(Cc1nc(-c2cccs2)no1)C(C)C. The van der Waals surface area contributed by atoms with Gasteiger partial charge in [-0.05, 0) is 32.2 Å². The van der Waals surface area contributed by atoms with E-state index in [0.717, 1.165) is 4.88 Å². The van der Waals surface area contributed by atoms with Gasteiger partial charge in [-0.15, -0.1) is 11.3 Å². The summed E-state index contributed by atoms with van der Waals surface area (Å²) in [7, 11) is 0. The number of carbonyl (C=O) groups excluding carboxylic acids is 1. The molecule has 0 aliphatic carbocycles. The minimum Gasteiger partial charge on any atom is -0.465 e. The first-order valence-electron chi connectivity index (χ1n) is 6.86. The zero-order valence-corrected chi connectivity index (χ0v) is 13.2. The molecule has 0 aliphatic rings. The number of esters is 1. The fourth-order valence-corrected chi connectivity index (χ4v) is 2.44. The van der Waals surface area contributed by atoms with Crippen molar-refractivity contribution in [2.45, 2.75) is 33.4 Å². The van der Waals surface area contributed by atoms with Gasteiger partial charge in [-0.2, -0.15) is 4.98 Å². The molecule has 0 amide bonds. The number of ether oxygens (including phenoxy) is 1. The van der Waals surface area contributed by atoms with E-state index >= 15 is 0 Å². The molecule has 21 heavy (non-hydrogen) atoms. The molecule has 0 saturated carbocycles. The fourth-order valence-electron chi connectivity index (χ4n) is 1.79. The topological polar surface area (TPSA) is 68.5 Å². The van der Waals surface area contributed by atoms with Crippen molar-refractivity contribution in [3.63, 3.8) is 0 Å². The molecule has 2 rings (SSSR count). The molecule has 6 nitrogen and oxygen atoms in total. The van der Waals surface area contributed by atoms with Gasteiger partial charge in [0.2, 0.25) is 11.7 Å². The Labute approximate surface area is 127 Å². The van der Waals surface area contributed by atoms with Crippen molar-refractivity contribution in [3.05, 3.63) is 23.4 Å². The van der Waals surface area contributed by atoms with Gasteiger partial charge in [-0.25, -0.2) is 0 Å². The Balaban J connectivity index is 2.02. The first kappa shape index (κ1) is 15.7. The van der Waals surface area contributed by atoms with Crippen LogP contribution in [0.3, 0.4) is 0 Å². The number of nitrogens with zero attached hydrogens (tertiary/aromatic N) is 3. The summed E-state index contributed by atoms with van der Waals surface area (Å²) in [4.78, 5) is 18.9. The van der Waals surface area contributed by atoms with E-state index < -0.39 is 0 Å². The smallest absolute Gasteiger partial charge is 0.320 e. The minimum atomic E-state index is -0.246. The molecule has 0 radical (unpaired) electrons. The molecule has 0 aliphatic heterocycles. The number of rotatable bonds is 7. The lowest BCUT2D eigenvalue weighted by Gasteiger charge is -2.23. The van der Waals surface area contributed by atoms with Crippen molar-refractivity contribution in [1.82, 2.24) is 15.0 Å². The lowest BCUT2D eigenvalue weighted by atomic mass is 10.3. The summed E-state index contributed by atoms with van der Waals surface area (Å²) in [6.45, 7) is 6.83. The van der Waals surface area contributed by atoms with Crippen LogP contribution in [0.4, 0.5) is 0 Å². The summed E-state index contributed by atoms with van der Waals surface area (Å²) in [6.07, 6.45) is 0. The van der Waals surface area contributed by atoms with E-state index in [1.807, 2.05) is 36.3 Å². The van der Waals surface area contributed by atoms with Crippen LogP contribution >= 0.6 is 11.3 Å². The van der Waals surface area contributed by atoms with Crippen molar-refractivity contribution >= 4 is 17.3 Å². The second-order valence-corrected chi connectivity index (χ2v) is 5.74. The standard InChI is InChI=1S/C14H19N3O3S/c1-4-19-13(18)9-17(10(2)3)8-12-15-14(16-20-12)11-6-5-7-21-11/h5-7,10H,4,8-9H2,1-3H3. The van der Waals surface area contributed by atoms with E-state index in [4.69, 9.17) is 9.26 Å². The Kier molecular flexibility index (Phi) is 5.46. The van der Waals surface area contributed by atoms with Crippen LogP contribution in [-0.4, -0.2) is 40.2 Å². The van der Waals surface area contributed by atoms with E-state index in [-0.39, 0.29) is 18.6 Å². The molecule has 2 aromatic heterocycles. The van der Waals surface area contributed by atoms with E-state index in [1.165, 1.54) is 0 Å². The highest BCUT2D eigenvalue weighted by atomic mass is 32.1. The predicted molar refractivity (Wildman–Crippen MR) is 79.8 cm³/mol. The first-order valence-corrected chi connectivity index (χ1v) is 7.74. The third-order valence-electron chi connectivity index (χ3n) is 2.92. The molecule has 0 fully saturated rings. The summed E-state index contributed by atoms with van der Waals surface area (Å²) >= 11 is 1.56. The van der Waals surface area contributed by atoms with Crippen molar-refractivity contribution in [2.75, 3.05) is 13.2 Å². The number of hydrogen-bond donors (Lipinski definition) is 0. The van der Waals surface area contributed by atoms with E-state index in [1.54, 1.807) is 18.3 Å². The summed E-state index contributed by atoms with van der Waals surface area (Å²) < 4.78 is 10.2. The van der Waals surface area contributed by atoms with Crippen molar-refractivity contribution < 1.29 is 14.1 Å². The third kappa shape index (κ3) is 4.37. The molecule has 0 aromatic carbocycles. The van der Waals surface area contributed by atoms with Gasteiger partial charge in [-0.1, -0.05) is 11.2 Å². The molecular weight excluding hydrogens is 290 g/mol. The summed E-state index contributed by atoms with van der Waals surface area (Å²) in [5, 5.41) is 5.93. The van der Waals surface area contributed by atoms with Crippen LogP contribution in [0.15, 0.2) is 22.0 Å². The fraction of sp³-hybridized carbons (Fsp3) is 0.500. The van der Waals surface area contributed by atoms with Crippen LogP contribution < -0.4 is 0 Å². The number of carbonyl (C=O) groups is 1. The molecule has 0 saturated heterocycles. The number of thiophene rings is 1. The normalized spacial score (nSPS) is 11.3. The average molecular weight is 309 g/mol. The molecule has 2 heterocycles. The van der Waals surface area contributed by atoms with Gasteiger partial charge in [0.05, 0.1) is 24.6 Å². The molecule has 7 heteroatoms. The lowest BCUT2D eigenvalue weighted by Crippen LogP contribution is -2.36. The largest absolute Gasteiger partial charge is 0.465 e. The van der Waals surface area contributed by atoms with Gasteiger partial charge in [-0.3, -0.25) is 9.69 Å². The highest BCUT2D eigenvalue weighted by Crippen LogP contribution is 2.21. The van der Waals surface area contributed by atoms with Crippen LogP contribution in [0.1, 0.15) is 26.7 Å². The van der Waals surface area contributed by atoms with Gasteiger partial charge >= 0.3 is 5.97 Å². The van der Waals surface area contributed by atoms with Crippen LogP contribution in [0, 0.1) is 0 Å². The lowest BCUT2D eigenvalue weighted by molar-refractivity contribution is -0.145. The van der Waals surface area contributed by atoms with E-state index in [9.17, 15) is 4.79 Å². The molecule has 0 spiro atoms. The maximum absolute atomic E-state index is 11.6.